The van der Waals surface area contributed by atoms with Crippen LogP contribution in [-0.2, 0) is 0 Å². The molecule has 0 aliphatic heterocycles. The van der Waals surface area contributed by atoms with E-state index in [0.717, 1.165) is 5.69 Å². The molecule has 1 aromatic heterocycles. The molecule has 88 valence electrons. The minimum Gasteiger partial charge on any atom is -0.334 e. The number of amides is 1. The zero-order chi connectivity index (χ0) is 12.3. The van der Waals surface area contributed by atoms with Gasteiger partial charge in [0.05, 0.1) is 0 Å². The lowest BCUT2D eigenvalue weighted by atomic mass is 10.0. The lowest BCUT2D eigenvalue weighted by Gasteiger charge is -2.34. The zero-order valence-corrected chi connectivity index (χ0v) is 10.7. The summed E-state index contributed by atoms with van der Waals surface area (Å²) in [6.45, 7) is 10.7. The molecule has 1 amide bonds. The topological polar surface area (TPSA) is 33.2 Å². The summed E-state index contributed by atoms with van der Waals surface area (Å²) in [6.07, 6.45) is 1.68. The highest BCUT2D eigenvalue weighted by atomic mass is 16.2. The van der Waals surface area contributed by atoms with Gasteiger partial charge < -0.3 is 4.90 Å². The van der Waals surface area contributed by atoms with E-state index in [1.54, 1.807) is 12.3 Å². The highest BCUT2D eigenvalue weighted by Gasteiger charge is 2.25. The summed E-state index contributed by atoms with van der Waals surface area (Å²) >= 11 is 0. The van der Waals surface area contributed by atoms with E-state index in [1.165, 1.54) is 0 Å². The van der Waals surface area contributed by atoms with Gasteiger partial charge in [-0.2, -0.15) is 0 Å². The van der Waals surface area contributed by atoms with E-state index in [-0.39, 0.29) is 11.4 Å². The molecule has 0 N–H and O–H groups in total. The molecular formula is C13H20N2O. The molecule has 0 aromatic carbocycles. The van der Waals surface area contributed by atoms with E-state index in [0.29, 0.717) is 12.1 Å². The van der Waals surface area contributed by atoms with Crippen molar-refractivity contribution in [2.45, 2.75) is 40.2 Å². The molecule has 0 unspecified atom stereocenters. The Morgan fingerprint density at radius 2 is 2.06 bits per heavy atom. The Labute approximate surface area is 97.5 Å². The molecule has 1 heterocycles. The first-order chi connectivity index (χ1) is 7.36. The summed E-state index contributed by atoms with van der Waals surface area (Å²) in [6, 6.07) is 3.60. The van der Waals surface area contributed by atoms with Gasteiger partial charge in [0.1, 0.15) is 0 Å². The van der Waals surface area contributed by atoms with Gasteiger partial charge in [-0.05, 0) is 46.8 Å². The third kappa shape index (κ3) is 2.81. The van der Waals surface area contributed by atoms with Gasteiger partial charge in [0, 0.05) is 29.5 Å². The number of aromatic nitrogens is 1. The van der Waals surface area contributed by atoms with E-state index in [1.807, 2.05) is 45.6 Å². The Balaban J connectivity index is 3.01. The number of rotatable bonds is 2. The van der Waals surface area contributed by atoms with Crippen molar-refractivity contribution in [3.05, 3.63) is 29.6 Å². The Morgan fingerprint density at radius 3 is 2.50 bits per heavy atom. The zero-order valence-electron chi connectivity index (χ0n) is 10.7. The number of hydrogen-bond acceptors (Lipinski definition) is 2. The maximum atomic E-state index is 12.3. The van der Waals surface area contributed by atoms with Crippen molar-refractivity contribution >= 4 is 5.91 Å². The van der Waals surface area contributed by atoms with Gasteiger partial charge in [-0.15, -0.1) is 0 Å². The lowest BCUT2D eigenvalue weighted by Crippen LogP contribution is -2.45. The van der Waals surface area contributed by atoms with Crippen LogP contribution in [0.5, 0.6) is 0 Å². The fraction of sp³-hybridized carbons (Fsp3) is 0.538. The predicted octanol–water partition coefficient (Wildman–Crippen LogP) is 2.65. The van der Waals surface area contributed by atoms with Crippen molar-refractivity contribution in [1.29, 1.82) is 0 Å². The fourth-order valence-electron chi connectivity index (χ4n) is 1.76. The first-order valence-electron chi connectivity index (χ1n) is 5.61. The number of carbonyl (C=O) groups is 1. The average Bonchev–Trinajstić information content (AvgIpc) is 2.16. The average molecular weight is 220 g/mol. The van der Waals surface area contributed by atoms with Crippen molar-refractivity contribution in [1.82, 2.24) is 9.88 Å². The van der Waals surface area contributed by atoms with Crippen molar-refractivity contribution in [3.8, 4) is 0 Å². The van der Waals surface area contributed by atoms with Crippen molar-refractivity contribution in [2.75, 3.05) is 6.54 Å². The second-order valence-corrected chi connectivity index (χ2v) is 4.91. The first kappa shape index (κ1) is 12.7. The normalized spacial score (nSPS) is 11.3. The van der Waals surface area contributed by atoms with E-state index in [9.17, 15) is 4.79 Å². The van der Waals surface area contributed by atoms with Crippen LogP contribution < -0.4 is 0 Å². The molecule has 0 aliphatic carbocycles. The van der Waals surface area contributed by atoms with Gasteiger partial charge in [-0.25, -0.2) is 0 Å². The molecule has 16 heavy (non-hydrogen) atoms. The van der Waals surface area contributed by atoms with Gasteiger partial charge >= 0.3 is 0 Å². The van der Waals surface area contributed by atoms with Crippen LogP contribution in [0.4, 0.5) is 0 Å². The molecule has 0 atom stereocenters. The highest BCUT2D eigenvalue weighted by Crippen LogP contribution is 2.16. The fourth-order valence-corrected chi connectivity index (χ4v) is 1.76. The predicted molar refractivity (Wildman–Crippen MR) is 65.4 cm³/mol. The maximum Gasteiger partial charge on any atom is 0.254 e. The minimum absolute atomic E-state index is 0.0699. The largest absolute Gasteiger partial charge is 0.334 e. The van der Waals surface area contributed by atoms with Crippen LogP contribution >= 0.6 is 0 Å². The van der Waals surface area contributed by atoms with Crippen molar-refractivity contribution in [2.24, 2.45) is 0 Å². The van der Waals surface area contributed by atoms with Gasteiger partial charge in [0.25, 0.3) is 5.91 Å². The van der Waals surface area contributed by atoms with Crippen LogP contribution in [0.2, 0.25) is 0 Å². The number of aryl methyl sites for hydroxylation is 1. The Morgan fingerprint density at radius 1 is 1.44 bits per heavy atom. The van der Waals surface area contributed by atoms with Gasteiger partial charge in [0.15, 0.2) is 0 Å². The third-order valence-corrected chi connectivity index (χ3v) is 2.51. The Kier molecular flexibility index (Phi) is 3.68. The summed E-state index contributed by atoms with van der Waals surface area (Å²) < 4.78 is 0. The summed E-state index contributed by atoms with van der Waals surface area (Å²) in [5, 5.41) is 0. The third-order valence-electron chi connectivity index (χ3n) is 2.51. The lowest BCUT2D eigenvalue weighted by molar-refractivity contribution is 0.0598. The second-order valence-electron chi connectivity index (χ2n) is 4.91. The summed E-state index contributed by atoms with van der Waals surface area (Å²) in [7, 11) is 0. The number of carbonyl (C=O) groups excluding carboxylic acids is 1. The molecule has 0 aliphatic rings. The molecule has 0 saturated heterocycles. The summed E-state index contributed by atoms with van der Waals surface area (Å²) in [4.78, 5) is 18.2. The number of hydrogen-bond donors (Lipinski definition) is 0. The van der Waals surface area contributed by atoms with Crippen molar-refractivity contribution in [3.63, 3.8) is 0 Å². The van der Waals surface area contributed by atoms with Gasteiger partial charge in [-0.3, -0.25) is 9.78 Å². The highest BCUT2D eigenvalue weighted by molar-refractivity contribution is 5.94. The van der Waals surface area contributed by atoms with Crippen LogP contribution in [0.3, 0.4) is 0 Å². The minimum atomic E-state index is -0.150. The number of nitrogens with zero attached hydrogens (tertiary/aromatic N) is 2. The van der Waals surface area contributed by atoms with Crippen molar-refractivity contribution < 1.29 is 4.79 Å². The summed E-state index contributed by atoms with van der Waals surface area (Å²) in [5.74, 6) is 0.0699. The molecule has 0 spiro atoms. The van der Waals surface area contributed by atoms with Crippen LogP contribution in [0, 0.1) is 6.92 Å². The second kappa shape index (κ2) is 4.64. The SMILES string of the molecule is CCN(C(=O)c1ccnc(C)c1)C(C)(C)C. The van der Waals surface area contributed by atoms with E-state index in [2.05, 4.69) is 4.98 Å². The molecule has 3 nitrogen and oxygen atoms in total. The summed E-state index contributed by atoms with van der Waals surface area (Å²) in [5.41, 5.74) is 1.43. The van der Waals surface area contributed by atoms with Crippen LogP contribution in [0.15, 0.2) is 18.3 Å². The van der Waals surface area contributed by atoms with Crippen LogP contribution in [0.25, 0.3) is 0 Å². The molecule has 0 saturated carbocycles. The van der Waals surface area contributed by atoms with Gasteiger partial charge in [-0.1, -0.05) is 0 Å². The van der Waals surface area contributed by atoms with Gasteiger partial charge in [0.2, 0.25) is 0 Å². The molecule has 0 fully saturated rings. The quantitative estimate of drug-likeness (QED) is 0.767. The van der Waals surface area contributed by atoms with E-state index < -0.39 is 0 Å². The van der Waals surface area contributed by atoms with E-state index >= 15 is 0 Å². The van der Waals surface area contributed by atoms with Crippen LogP contribution in [0.1, 0.15) is 43.7 Å². The molecule has 0 bridgehead atoms. The molecule has 0 radical (unpaired) electrons. The Bertz CT molecular complexity index is 380. The smallest absolute Gasteiger partial charge is 0.254 e. The molecular weight excluding hydrogens is 200 g/mol. The van der Waals surface area contributed by atoms with E-state index in [4.69, 9.17) is 0 Å². The molecule has 3 heteroatoms. The molecule has 1 rings (SSSR count). The first-order valence-corrected chi connectivity index (χ1v) is 5.61. The number of pyridine rings is 1. The Hall–Kier alpha value is -1.38. The standard InChI is InChI=1S/C13H20N2O/c1-6-15(13(3,4)5)12(16)11-7-8-14-10(2)9-11/h7-9H,6H2,1-5H3. The van der Waals surface area contributed by atoms with Crippen LogP contribution in [-0.4, -0.2) is 27.9 Å². The monoisotopic (exact) mass is 220 g/mol. The maximum absolute atomic E-state index is 12.3. The molecule has 1 aromatic rings.